The summed E-state index contributed by atoms with van der Waals surface area (Å²) < 4.78 is 6.36. The lowest BCUT2D eigenvalue weighted by Gasteiger charge is -2.14. The molecule has 0 bridgehead atoms. The van der Waals surface area contributed by atoms with Crippen LogP contribution >= 0.6 is 34.5 Å². The maximum atomic E-state index is 6.04. The van der Waals surface area contributed by atoms with Crippen LogP contribution < -0.4 is 11.3 Å². The second-order valence-corrected chi connectivity index (χ2v) is 5.42. The summed E-state index contributed by atoms with van der Waals surface area (Å²) in [6.07, 6.45) is 1.80. The van der Waals surface area contributed by atoms with Gasteiger partial charge in [-0.1, -0.05) is 23.2 Å². The molecule has 6 heteroatoms. The van der Waals surface area contributed by atoms with Crippen LogP contribution in [0.25, 0.3) is 0 Å². The predicted octanol–water partition coefficient (Wildman–Crippen LogP) is 2.99. The summed E-state index contributed by atoms with van der Waals surface area (Å²) in [6, 6.07) is 1.89. The summed E-state index contributed by atoms with van der Waals surface area (Å²) in [4.78, 5) is 0. The van der Waals surface area contributed by atoms with Gasteiger partial charge >= 0.3 is 0 Å². The minimum atomic E-state index is 0.0383. The first-order chi connectivity index (χ1) is 7.19. The third-order valence-corrected chi connectivity index (χ3v) is 3.62. The maximum absolute atomic E-state index is 6.04. The van der Waals surface area contributed by atoms with Gasteiger partial charge < -0.3 is 4.74 Å². The van der Waals surface area contributed by atoms with Crippen molar-refractivity contribution < 1.29 is 4.74 Å². The summed E-state index contributed by atoms with van der Waals surface area (Å²) in [6.45, 7) is 0.716. The number of hydrogen-bond acceptors (Lipinski definition) is 4. The normalized spacial score (nSPS) is 13.1. The smallest absolute Gasteiger partial charge is 0.0992 e. The fraction of sp³-hybridized carbons (Fsp3) is 0.556. The molecule has 1 atom stereocenters. The lowest BCUT2D eigenvalue weighted by molar-refractivity contribution is 0.189. The molecule has 1 rings (SSSR count). The van der Waals surface area contributed by atoms with Crippen LogP contribution in [-0.2, 0) is 4.74 Å². The Balaban J connectivity index is 2.61. The molecule has 1 unspecified atom stereocenters. The maximum Gasteiger partial charge on any atom is 0.0992 e. The van der Waals surface area contributed by atoms with Crippen molar-refractivity contribution in [3.05, 3.63) is 20.3 Å². The van der Waals surface area contributed by atoms with E-state index in [1.807, 2.05) is 6.07 Å². The topological polar surface area (TPSA) is 47.3 Å². The largest absolute Gasteiger partial charge is 0.385 e. The lowest BCUT2D eigenvalue weighted by atomic mass is 10.1. The van der Waals surface area contributed by atoms with Gasteiger partial charge in [0.1, 0.15) is 0 Å². The summed E-state index contributed by atoms with van der Waals surface area (Å²) in [7, 11) is 1.68. The van der Waals surface area contributed by atoms with Crippen LogP contribution in [0.1, 0.15) is 24.4 Å². The molecule has 1 heterocycles. The van der Waals surface area contributed by atoms with Crippen LogP contribution in [0.5, 0.6) is 0 Å². The fourth-order valence-electron chi connectivity index (χ4n) is 1.35. The van der Waals surface area contributed by atoms with Gasteiger partial charge in [0.15, 0.2) is 0 Å². The van der Waals surface area contributed by atoms with Crippen LogP contribution in [0.2, 0.25) is 8.67 Å². The first-order valence-electron chi connectivity index (χ1n) is 4.58. The summed E-state index contributed by atoms with van der Waals surface area (Å²) >= 11 is 13.3. The van der Waals surface area contributed by atoms with E-state index in [1.54, 1.807) is 7.11 Å². The Kier molecular flexibility index (Phi) is 5.89. The first kappa shape index (κ1) is 13.2. The van der Waals surface area contributed by atoms with Crippen LogP contribution in [0, 0.1) is 0 Å². The minimum Gasteiger partial charge on any atom is -0.385 e. The molecule has 0 radical (unpaired) electrons. The van der Waals surface area contributed by atoms with E-state index >= 15 is 0 Å². The average molecular weight is 269 g/mol. The zero-order valence-electron chi connectivity index (χ0n) is 8.43. The molecular formula is C9H14Cl2N2OS. The highest BCUT2D eigenvalue weighted by molar-refractivity contribution is 7.20. The third kappa shape index (κ3) is 3.90. The number of nitrogens with two attached hydrogens (primary N) is 1. The van der Waals surface area contributed by atoms with Gasteiger partial charge in [-0.05, 0) is 18.9 Å². The molecular weight excluding hydrogens is 255 g/mol. The van der Waals surface area contributed by atoms with Crippen LogP contribution in [-0.4, -0.2) is 13.7 Å². The van der Waals surface area contributed by atoms with Crippen molar-refractivity contribution in [2.75, 3.05) is 13.7 Å². The van der Waals surface area contributed by atoms with E-state index in [-0.39, 0.29) is 6.04 Å². The molecule has 1 aromatic heterocycles. The molecule has 3 nitrogen and oxygen atoms in total. The highest BCUT2D eigenvalue weighted by Crippen LogP contribution is 2.36. The van der Waals surface area contributed by atoms with Crippen molar-refractivity contribution in [2.45, 2.75) is 18.9 Å². The molecule has 0 saturated heterocycles. The molecule has 3 N–H and O–H groups in total. The van der Waals surface area contributed by atoms with Crippen LogP contribution in [0.4, 0.5) is 0 Å². The number of hydrazine groups is 1. The number of methoxy groups -OCH3 is 1. The molecule has 0 aliphatic carbocycles. The number of thiophene rings is 1. The number of ether oxygens (including phenoxy) is 1. The van der Waals surface area contributed by atoms with Crippen molar-refractivity contribution in [3.63, 3.8) is 0 Å². The Hall–Kier alpha value is 0.160. The molecule has 86 valence electrons. The van der Waals surface area contributed by atoms with Crippen molar-refractivity contribution >= 4 is 34.5 Å². The molecule has 15 heavy (non-hydrogen) atoms. The summed E-state index contributed by atoms with van der Waals surface area (Å²) in [5, 5.41) is 0. The molecule has 0 amide bonds. The second-order valence-electron chi connectivity index (χ2n) is 3.13. The Morgan fingerprint density at radius 3 is 2.80 bits per heavy atom. The van der Waals surface area contributed by atoms with E-state index in [0.29, 0.717) is 15.3 Å². The number of nitrogens with one attached hydrogen (secondary N) is 1. The van der Waals surface area contributed by atoms with Crippen molar-refractivity contribution in [1.82, 2.24) is 5.43 Å². The van der Waals surface area contributed by atoms with Gasteiger partial charge in [-0.25, -0.2) is 0 Å². The van der Waals surface area contributed by atoms with E-state index in [1.165, 1.54) is 11.3 Å². The molecule has 0 saturated carbocycles. The Morgan fingerprint density at radius 1 is 1.60 bits per heavy atom. The highest BCUT2D eigenvalue weighted by Gasteiger charge is 2.15. The van der Waals surface area contributed by atoms with E-state index in [2.05, 4.69) is 5.43 Å². The Labute approximate surface area is 103 Å². The zero-order chi connectivity index (χ0) is 11.3. The number of hydrogen-bond donors (Lipinski definition) is 2. The van der Waals surface area contributed by atoms with Crippen LogP contribution in [0.15, 0.2) is 6.07 Å². The number of halogens is 2. The minimum absolute atomic E-state index is 0.0383. The molecule has 0 aliphatic heterocycles. The van der Waals surface area contributed by atoms with Gasteiger partial charge in [0.2, 0.25) is 0 Å². The highest BCUT2D eigenvalue weighted by atomic mass is 35.5. The van der Waals surface area contributed by atoms with Crippen LogP contribution in [0.3, 0.4) is 0 Å². The fourth-order valence-corrected chi connectivity index (χ4v) is 2.93. The molecule has 1 aromatic rings. The summed E-state index contributed by atoms with van der Waals surface area (Å²) in [5.74, 6) is 5.48. The quantitative estimate of drug-likeness (QED) is 0.474. The molecule has 0 fully saturated rings. The van der Waals surface area contributed by atoms with Gasteiger partial charge in [0.05, 0.1) is 8.67 Å². The predicted molar refractivity (Wildman–Crippen MR) is 65.5 cm³/mol. The average Bonchev–Trinajstić information content (AvgIpc) is 2.53. The Morgan fingerprint density at radius 2 is 2.33 bits per heavy atom. The zero-order valence-corrected chi connectivity index (χ0v) is 10.8. The standard InChI is InChI=1S/C9H14Cl2N2OS/c1-14-4-2-3-7(13-12)6-5-8(10)15-9(6)11/h5,7,13H,2-4,12H2,1H3. The van der Waals surface area contributed by atoms with Crippen molar-refractivity contribution in [2.24, 2.45) is 5.84 Å². The van der Waals surface area contributed by atoms with E-state index in [4.69, 9.17) is 33.8 Å². The van der Waals surface area contributed by atoms with Gasteiger partial charge in [-0.3, -0.25) is 11.3 Å². The van der Waals surface area contributed by atoms with E-state index in [0.717, 1.165) is 18.4 Å². The second kappa shape index (κ2) is 6.68. The lowest BCUT2D eigenvalue weighted by Crippen LogP contribution is -2.28. The third-order valence-electron chi connectivity index (χ3n) is 2.10. The van der Waals surface area contributed by atoms with Crippen molar-refractivity contribution in [3.8, 4) is 0 Å². The van der Waals surface area contributed by atoms with E-state index < -0.39 is 0 Å². The SMILES string of the molecule is COCCCC(NN)c1cc(Cl)sc1Cl. The van der Waals surface area contributed by atoms with Gasteiger partial charge in [-0.15, -0.1) is 11.3 Å². The van der Waals surface area contributed by atoms with E-state index in [9.17, 15) is 0 Å². The monoisotopic (exact) mass is 268 g/mol. The Bertz CT molecular complexity index is 306. The first-order valence-corrected chi connectivity index (χ1v) is 6.16. The molecule has 0 aliphatic rings. The van der Waals surface area contributed by atoms with Crippen molar-refractivity contribution in [1.29, 1.82) is 0 Å². The molecule has 0 aromatic carbocycles. The van der Waals surface area contributed by atoms with Gasteiger partial charge in [0.25, 0.3) is 0 Å². The summed E-state index contributed by atoms with van der Waals surface area (Å²) in [5.41, 5.74) is 3.70. The molecule has 0 spiro atoms. The van der Waals surface area contributed by atoms with Gasteiger partial charge in [0, 0.05) is 25.3 Å². The van der Waals surface area contributed by atoms with Gasteiger partial charge in [-0.2, -0.15) is 0 Å². The number of rotatable bonds is 6.